The molecule has 204 valence electrons. The number of likely N-dealkylation sites (N-methyl/N-ethyl adjacent to an activating group) is 1. The second kappa shape index (κ2) is 8.39. The van der Waals surface area contributed by atoms with Crippen molar-refractivity contribution in [2.45, 2.75) is 68.6 Å². The summed E-state index contributed by atoms with van der Waals surface area (Å²) < 4.78 is 0. The number of amides is 1. The number of nitrogens with zero attached hydrogens (tertiary/aromatic N) is 1. The van der Waals surface area contributed by atoms with Gasteiger partial charge in [0, 0.05) is 17.1 Å². The Hall–Kier alpha value is -3.21. The number of rotatable bonds is 3. The molecule has 0 heterocycles. The molecule has 1 aromatic rings. The molecule has 2 saturated carbocycles. The highest BCUT2D eigenvalue weighted by Gasteiger charge is 2.68. The van der Waals surface area contributed by atoms with Crippen LogP contribution >= 0.6 is 0 Å². The average Bonchev–Trinajstić information content (AvgIpc) is 3.28. The van der Waals surface area contributed by atoms with Crippen LogP contribution in [-0.4, -0.2) is 79.7 Å². The van der Waals surface area contributed by atoms with Crippen LogP contribution in [0.2, 0.25) is 0 Å². The van der Waals surface area contributed by atoms with Gasteiger partial charge in [-0.15, -0.1) is 0 Å². The highest BCUT2D eigenvalue weighted by Crippen LogP contribution is 2.57. The molecule has 0 aromatic heterocycles. The van der Waals surface area contributed by atoms with Gasteiger partial charge in [-0.1, -0.05) is 38.8 Å². The van der Waals surface area contributed by atoms with E-state index < -0.39 is 70.1 Å². The van der Waals surface area contributed by atoms with E-state index in [0.717, 1.165) is 25.7 Å². The van der Waals surface area contributed by atoms with Crippen molar-refractivity contribution in [1.82, 2.24) is 4.90 Å². The van der Waals surface area contributed by atoms with E-state index in [-0.39, 0.29) is 22.3 Å². The van der Waals surface area contributed by atoms with Gasteiger partial charge in [0.2, 0.25) is 5.78 Å². The Balaban J connectivity index is 1.78. The van der Waals surface area contributed by atoms with Gasteiger partial charge in [-0.05, 0) is 43.8 Å². The topological polar surface area (TPSA) is 182 Å². The molecule has 1 aromatic carbocycles. The van der Waals surface area contributed by atoms with Crippen molar-refractivity contribution in [2.24, 2.45) is 17.6 Å². The van der Waals surface area contributed by atoms with Gasteiger partial charge < -0.3 is 31.3 Å². The van der Waals surface area contributed by atoms with E-state index >= 15 is 0 Å². The summed E-state index contributed by atoms with van der Waals surface area (Å²) >= 11 is 0. The van der Waals surface area contributed by atoms with E-state index in [2.05, 4.69) is 0 Å². The van der Waals surface area contributed by atoms with Crippen molar-refractivity contribution in [3.8, 4) is 5.75 Å². The number of phenolic OH excluding ortho intramolecular Hbond substituents is 1. The molecular weight excluding hydrogens is 492 g/mol. The molecule has 0 aliphatic heterocycles. The molecule has 0 radical (unpaired) electrons. The molecule has 38 heavy (non-hydrogen) atoms. The second-order valence-electron chi connectivity index (χ2n) is 11.7. The lowest BCUT2D eigenvalue weighted by Gasteiger charge is -2.53. The number of nitrogens with two attached hydrogens (primary N) is 1. The molecule has 4 aliphatic carbocycles. The zero-order chi connectivity index (χ0) is 28.1. The predicted octanol–water partition coefficient (Wildman–Crippen LogP) is 1.33. The lowest BCUT2D eigenvalue weighted by atomic mass is 9.54. The summed E-state index contributed by atoms with van der Waals surface area (Å²) in [6.45, 7) is 3.77. The summed E-state index contributed by atoms with van der Waals surface area (Å²) in [6, 6.07) is 2.23. The van der Waals surface area contributed by atoms with Crippen LogP contribution in [0.4, 0.5) is 0 Å². The summed E-state index contributed by atoms with van der Waals surface area (Å²) in [6.07, 6.45) is 2.10. The van der Waals surface area contributed by atoms with Crippen molar-refractivity contribution in [1.29, 1.82) is 0 Å². The zero-order valence-electron chi connectivity index (χ0n) is 21.9. The highest BCUT2D eigenvalue weighted by atomic mass is 16.4. The fourth-order valence-electron chi connectivity index (χ4n) is 7.53. The number of primary amides is 1. The standard InChI is InChI=1S/C28H34N2O8/c1-11-12-7-8-13(27(2)9-5-6-10-27)20(31)15(12)21(32)16-14(11)22(33)18-19(30(3)4)23(34)17(26(29)37)25(36)28(18,38)24(16)35/h7-8,11,14,18-19,22,31-33,36,38H,5-6,9-10H2,1-4H3,(H2,29,37)/t11-,14+,18-,19+,22-,28-/m0/s1. The van der Waals surface area contributed by atoms with Gasteiger partial charge in [0.15, 0.2) is 11.4 Å². The molecular formula is C28H34N2O8. The van der Waals surface area contributed by atoms with Gasteiger partial charge in [-0.25, -0.2) is 0 Å². The number of hydrogen-bond donors (Lipinski definition) is 6. The van der Waals surface area contributed by atoms with Crippen LogP contribution in [0, 0.1) is 11.8 Å². The van der Waals surface area contributed by atoms with Crippen LogP contribution in [0.5, 0.6) is 5.75 Å². The second-order valence-corrected chi connectivity index (χ2v) is 11.7. The molecule has 7 N–H and O–H groups in total. The number of fused-ring (bicyclic) bond motifs is 3. The number of aliphatic hydroxyl groups is 4. The van der Waals surface area contributed by atoms with Gasteiger partial charge in [-0.2, -0.15) is 0 Å². The SMILES string of the molecule is C[C@H]1c2ccc(C3(C)CCCC3)c(O)c2C(O)=C2C(=O)[C@]3(O)C(O)=C(C(N)=O)C(=O)[C@H](N(C)C)[C@H]3[C@@H](O)[C@@H]21. The number of Topliss-reactive ketones (excluding diaryl/α,β-unsaturated/α-hetero) is 2. The number of ketones is 2. The first-order valence-corrected chi connectivity index (χ1v) is 12.9. The number of carbonyl (C=O) groups is 3. The Bertz CT molecular complexity index is 1340. The normalized spacial score (nSPS) is 34.3. The molecule has 10 heteroatoms. The molecule has 5 rings (SSSR count). The minimum Gasteiger partial charge on any atom is -0.508 e. The Morgan fingerprint density at radius 2 is 1.71 bits per heavy atom. The maximum atomic E-state index is 14.1. The average molecular weight is 527 g/mol. The number of benzene rings is 1. The van der Waals surface area contributed by atoms with Gasteiger partial charge in [0.1, 0.15) is 22.8 Å². The molecule has 1 amide bonds. The Kier molecular flexibility index (Phi) is 5.83. The van der Waals surface area contributed by atoms with Crippen molar-refractivity contribution in [3.63, 3.8) is 0 Å². The Morgan fingerprint density at radius 1 is 1.11 bits per heavy atom. The molecule has 2 fully saturated rings. The first-order valence-electron chi connectivity index (χ1n) is 12.9. The minimum atomic E-state index is -2.91. The van der Waals surface area contributed by atoms with E-state index in [1.807, 2.05) is 13.0 Å². The quantitative estimate of drug-likeness (QED) is 0.317. The number of carbonyl (C=O) groups excluding carboxylic acids is 3. The number of aromatic hydroxyl groups is 1. The van der Waals surface area contributed by atoms with Crippen molar-refractivity contribution in [3.05, 3.63) is 45.7 Å². The van der Waals surface area contributed by atoms with E-state index in [1.54, 1.807) is 13.0 Å². The third kappa shape index (κ3) is 3.14. The van der Waals surface area contributed by atoms with Crippen LogP contribution in [0.25, 0.3) is 5.76 Å². The van der Waals surface area contributed by atoms with Gasteiger partial charge in [0.25, 0.3) is 5.91 Å². The van der Waals surface area contributed by atoms with Crippen LogP contribution in [0.3, 0.4) is 0 Å². The van der Waals surface area contributed by atoms with E-state index in [4.69, 9.17) is 5.73 Å². The molecule has 10 nitrogen and oxygen atoms in total. The summed E-state index contributed by atoms with van der Waals surface area (Å²) in [4.78, 5) is 40.8. The predicted molar refractivity (Wildman–Crippen MR) is 136 cm³/mol. The number of hydrogen-bond acceptors (Lipinski definition) is 9. The first kappa shape index (κ1) is 26.4. The van der Waals surface area contributed by atoms with E-state index in [0.29, 0.717) is 11.1 Å². The lowest BCUT2D eigenvalue weighted by molar-refractivity contribution is -0.169. The van der Waals surface area contributed by atoms with Crippen LogP contribution in [-0.2, 0) is 19.8 Å². The number of aliphatic hydroxyl groups excluding tert-OH is 3. The highest BCUT2D eigenvalue weighted by molar-refractivity contribution is 6.24. The van der Waals surface area contributed by atoms with Crippen molar-refractivity contribution >= 4 is 23.2 Å². The third-order valence-corrected chi connectivity index (χ3v) is 9.49. The van der Waals surface area contributed by atoms with Crippen LogP contribution in [0.1, 0.15) is 62.1 Å². The first-order chi connectivity index (χ1) is 17.7. The Labute approximate surface area is 220 Å². The lowest BCUT2D eigenvalue weighted by Crippen LogP contribution is -2.70. The van der Waals surface area contributed by atoms with Gasteiger partial charge in [-0.3, -0.25) is 19.3 Å². The minimum absolute atomic E-state index is 0.0478. The third-order valence-electron chi connectivity index (χ3n) is 9.49. The van der Waals surface area contributed by atoms with Gasteiger partial charge >= 0.3 is 0 Å². The van der Waals surface area contributed by atoms with Crippen LogP contribution in [0.15, 0.2) is 29.0 Å². The summed E-state index contributed by atoms with van der Waals surface area (Å²) in [5.74, 6) is -8.65. The fourth-order valence-corrected chi connectivity index (χ4v) is 7.53. The molecule has 0 unspecified atom stereocenters. The molecule has 6 atom stereocenters. The van der Waals surface area contributed by atoms with Gasteiger partial charge in [0.05, 0.1) is 23.6 Å². The maximum Gasteiger partial charge on any atom is 0.255 e. The Morgan fingerprint density at radius 3 is 2.26 bits per heavy atom. The monoisotopic (exact) mass is 526 g/mol. The van der Waals surface area contributed by atoms with Crippen molar-refractivity contribution in [2.75, 3.05) is 14.1 Å². The zero-order valence-corrected chi connectivity index (χ0v) is 21.9. The molecule has 0 spiro atoms. The molecule has 0 saturated heterocycles. The summed E-state index contributed by atoms with van der Waals surface area (Å²) in [5, 5.41) is 57.3. The maximum absolute atomic E-state index is 14.1. The number of phenols is 1. The largest absolute Gasteiger partial charge is 0.508 e. The van der Waals surface area contributed by atoms with Crippen molar-refractivity contribution < 1.29 is 39.9 Å². The molecule has 4 aliphatic rings. The fraction of sp³-hybridized carbons (Fsp3) is 0.536. The summed E-state index contributed by atoms with van der Waals surface area (Å²) in [5.41, 5.74) is 2.03. The van der Waals surface area contributed by atoms with E-state index in [9.17, 15) is 39.9 Å². The molecule has 0 bridgehead atoms. The summed E-state index contributed by atoms with van der Waals surface area (Å²) in [7, 11) is 2.96. The van der Waals surface area contributed by atoms with Crippen LogP contribution < -0.4 is 5.73 Å². The smallest absolute Gasteiger partial charge is 0.255 e. The van der Waals surface area contributed by atoms with E-state index in [1.165, 1.54) is 19.0 Å².